The minimum Gasteiger partial charge on any atom is -0.507 e. The van der Waals surface area contributed by atoms with Gasteiger partial charge in [-0.2, -0.15) is 0 Å². The van der Waals surface area contributed by atoms with Gasteiger partial charge in [-0.3, -0.25) is 9.59 Å². The van der Waals surface area contributed by atoms with E-state index < -0.39 is 17.7 Å². The van der Waals surface area contributed by atoms with E-state index >= 15 is 0 Å². The van der Waals surface area contributed by atoms with Crippen LogP contribution in [-0.4, -0.2) is 28.2 Å². The average molecular weight is 374 g/mol. The number of aliphatic hydroxyl groups excluding tert-OH is 1. The molecule has 0 bridgehead atoms. The molecule has 1 atom stereocenters. The Hall–Kier alpha value is -2.53. The van der Waals surface area contributed by atoms with E-state index in [4.69, 9.17) is 16.0 Å². The van der Waals surface area contributed by atoms with Crippen molar-refractivity contribution in [3.63, 3.8) is 0 Å². The topological polar surface area (TPSA) is 70.8 Å². The monoisotopic (exact) mass is 373 g/mol. The van der Waals surface area contributed by atoms with Gasteiger partial charge in [0, 0.05) is 17.1 Å². The van der Waals surface area contributed by atoms with E-state index in [0.717, 1.165) is 12.8 Å². The third-order valence-electron chi connectivity index (χ3n) is 4.44. The Morgan fingerprint density at radius 1 is 1.19 bits per heavy atom. The van der Waals surface area contributed by atoms with E-state index in [2.05, 4.69) is 0 Å². The van der Waals surface area contributed by atoms with Gasteiger partial charge in [0.2, 0.25) is 0 Å². The number of aliphatic hydroxyl groups is 1. The van der Waals surface area contributed by atoms with Crippen LogP contribution in [0.15, 0.2) is 46.4 Å². The number of hydrogen-bond acceptors (Lipinski definition) is 4. The van der Waals surface area contributed by atoms with Gasteiger partial charge in [0.1, 0.15) is 23.3 Å². The zero-order valence-corrected chi connectivity index (χ0v) is 15.4. The van der Waals surface area contributed by atoms with Crippen molar-refractivity contribution in [3.05, 3.63) is 64.1 Å². The minimum atomic E-state index is -0.731. The molecule has 1 unspecified atom stereocenters. The predicted molar refractivity (Wildman–Crippen MR) is 98.8 cm³/mol. The van der Waals surface area contributed by atoms with E-state index in [0.29, 0.717) is 28.7 Å². The number of unbranched alkanes of at least 4 members (excludes halogenated alkanes) is 1. The molecular formula is C20H20ClNO4. The summed E-state index contributed by atoms with van der Waals surface area (Å²) in [5.41, 5.74) is 0.471. The largest absolute Gasteiger partial charge is 0.507 e. The quantitative estimate of drug-likeness (QED) is 0.477. The van der Waals surface area contributed by atoms with Gasteiger partial charge in [0.05, 0.1) is 5.57 Å². The van der Waals surface area contributed by atoms with Crippen molar-refractivity contribution in [2.45, 2.75) is 32.7 Å². The van der Waals surface area contributed by atoms with Crippen LogP contribution in [0, 0.1) is 6.92 Å². The fraction of sp³-hybridized carbons (Fsp3) is 0.300. The molecule has 136 valence electrons. The highest BCUT2D eigenvalue weighted by molar-refractivity contribution is 6.46. The van der Waals surface area contributed by atoms with Crippen molar-refractivity contribution in [3.8, 4) is 0 Å². The molecule has 26 heavy (non-hydrogen) atoms. The highest BCUT2D eigenvalue weighted by Gasteiger charge is 2.47. The molecule has 1 saturated heterocycles. The number of benzene rings is 1. The van der Waals surface area contributed by atoms with Crippen molar-refractivity contribution >= 4 is 29.1 Å². The second-order valence-electron chi connectivity index (χ2n) is 6.30. The number of Topliss-reactive ketones (excluding diaryl/α,β-unsaturated/α-hetero) is 1. The molecule has 1 aromatic carbocycles. The standard InChI is InChI=1S/C20H20ClNO4/c1-3-4-11-22-17(15-10-5-12(2)26-15)16(19(24)20(22)25)18(23)13-6-8-14(21)9-7-13/h5-10,17,23H,3-4,11H2,1-2H3/b18-16-. The maximum Gasteiger partial charge on any atom is 0.295 e. The number of amides is 1. The van der Waals surface area contributed by atoms with Gasteiger partial charge in [-0.25, -0.2) is 0 Å². The van der Waals surface area contributed by atoms with Crippen LogP contribution in [0.3, 0.4) is 0 Å². The van der Waals surface area contributed by atoms with Crippen molar-refractivity contribution in [2.24, 2.45) is 0 Å². The summed E-state index contributed by atoms with van der Waals surface area (Å²) >= 11 is 5.89. The smallest absolute Gasteiger partial charge is 0.295 e. The van der Waals surface area contributed by atoms with Crippen LogP contribution >= 0.6 is 11.6 Å². The number of halogens is 1. The number of furan rings is 1. The molecule has 0 spiro atoms. The van der Waals surface area contributed by atoms with Crippen molar-refractivity contribution < 1.29 is 19.1 Å². The average Bonchev–Trinajstić information content (AvgIpc) is 3.15. The Morgan fingerprint density at radius 3 is 2.46 bits per heavy atom. The SMILES string of the molecule is CCCCN1C(=O)C(=O)/C(=C(\O)c2ccc(Cl)cc2)C1c1ccc(C)o1. The lowest BCUT2D eigenvalue weighted by Gasteiger charge is -2.23. The highest BCUT2D eigenvalue weighted by atomic mass is 35.5. The highest BCUT2D eigenvalue weighted by Crippen LogP contribution is 2.40. The first-order valence-corrected chi connectivity index (χ1v) is 8.92. The molecule has 1 fully saturated rings. The number of ketones is 1. The first-order chi connectivity index (χ1) is 12.4. The first-order valence-electron chi connectivity index (χ1n) is 8.54. The van der Waals surface area contributed by atoms with Crippen LogP contribution in [0.25, 0.3) is 5.76 Å². The Bertz CT molecular complexity index is 866. The first kappa shape index (κ1) is 18.3. The van der Waals surface area contributed by atoms with E-state index in [1.165, 1.54) is 4.90 Å². The summed E-state index contributed by atoms with van der Waals surface area (Å²) in [6.45, 7) is 4.22. The van der Waals surface area contributed by atoms with Crippen LogP contribution in [0.4, 0.5) is 0 Å². The molecule has 0 saturated carbocycles. The van der Waals surface area contributed by atoms with Gasteiger partial charge < -0.3 is 14.4 Å². The lowest BCUT2D eigenvalue weighted by molar-refractivity contribution is -0.140. The normalized spacial score (nSPS) is 19.3. The summed E-state index contributed by atoms with van der Waals surface area (Å²) in [5.74, 6) is -0.403. The molecule has 2 aromatic rings. The van der Waals surface area contributed by atoms with Gasteiger partial charge in [-0.1, -0.05) is 24.9 Å². The molecule has 1 aliphatic heterocycles. The summed E-state index contributed by atoms with van der Waals surface area (Å²) < 4.78 is 5.70. The van der Waals surface area contributed by atoms with Gasteiger partial charge in [0.15, 0.2) is 0 Å². The summed E-state index contributed by atoms with van der Waals surface area (Å²) in [6, 6.07) is 9.25. The fourth-order valence-electron chi connectivity index (χ4n) is 3.10. The summed E-state index contributed by atoms with van der Waals surface area (Å²) in [6.07, 6.45) is 1.63. The number of aryl methyl sites for hydroxylation is 1. The van der Waals surface area contributed by atoms with Crippen molar-refractivity contribution in [1.82, 2.24) is 4.90 Å². The van der Waals surface area contributed by atoms with Crippen molar-refractivity contribution in [1.29, 1.82) is 0 Å². The van der Waals surface area contributed by atoms with Gasteiger partial charge in [0.25, 0.3) is 11.7 Å². The second kappa shape index (κ2) is 7.38. The second-order valence-corrected chi connectivity index (χ2v) is 6.74. The summed E-state index contributed by atoms with van der Waals surface area (Å²) in [4.78, 5) is 26.7. The molecule has 6 heteroatoms. The van der Waals surface area contributed by atoms with E-state index in [1.807, 2.05) is 6.92 Å². The number of hydrogen-bond donors (Lipinski definition) is 1. The molecule has 5 nitrogen and oxygen atoms in total. The van der Waals surface area contributed by atoms with Gasteiger partial charge in [-0.15, -0.1) is 0 Å². The third kappa shape index (κ3) is 3.27. The van der Waals surface area contributed by atoms with Crippen molar-refractivity contribution in [2.75, 3.05) is 6.54 Å². The van der Waals surface area contributed by atoms with Crippen LogP contribution in [-0.2, 0) is 9.59 Å². The lowest BCUT2D eigenvalue weighted by atomic mass is 9.99. The van der Waals surface area contributed by atoms with Crippen LogP contribution < -0.4 is 0 Å². The van der Waals surface area contributed by atoms with Gasteiger partial charge >= 0.3 is 0 Å². The third-order valence-corrected chi connectivity index (χ3v) is 4.69. The lowest BCUT2D eigenvalue weighted by Crippen LogP contribution is -2.30. The fourth-order valence-corrected chi connectivity index (χ4v) is 3.22. The molecular weight excluding hydrogens is 354 g/mol. The Kier molecular flexibility index (Phi) is 5.18. The summed E-state index contributed by atoms with van der Waals surface area (Å²) in [5, 5.41) is 11.3. The number of carbonyl (C=O) groups excluding carboxylic acids is 2. The van der Waals surface area contributed by atoms with Gasteiger partial charge in [-0.05, 0) is 49.7 Å². The Balaban J connectivity index is 2.13. The molecule has 3 rings (SSSR count). The zero-order valence-electron chi connectivity index (χ0n) is 14.7. The predicted octanol–water partition coefficient (Wildman–Crippen LogP) is 4.46. The molecule has 1 aliphatic rings. The van der Waals surface area contributed by atoms with E-state index in [9.17, 15) is 14.7 Å². The summed E-state index contributed by atoms with van der Waals surface area (Å²) in [7, 11) is 0. The molecule has 0 radical (unpaired) electrons. The van der Waals surface area contributed by atoms with E-state index in [-0.39, 0.29) is 11.3 Å². The number of likely N-dealkylation sites (tertiary alicyclic amines) is 1. The molecule has 1 aromatic heterocycles. The number of carbonyl (C=O) groups is 2. The minimum absolute atomic E-state index is 0.0442. The molecule has 1 N–H and O–H groups in total. The Labute approximate surface area is 156 Å². The maximum absolute atomic E-state index is 12.7. The van der Waals surface area contributed by atoms with Crippen LogP contribution in [0.5, 0.6) is 0 Å². The van der Waals surface area contributed by atoms with Crippen LogP contribution in [0.1, 0.15) is 42.9 Å². The molecule has 1 amide bonds. The zero-order chi connectivity index (χ0) is 18.8. The number of rotatable bonds is 5. The maximum atomic E-state index is 12.7. The van der Waals surface area contributed by atoms with Crippen LogP contribution in [0.2, 0.25) is 5.02 Å². The molecule has 2 heterocycles. The Morgan fingerprint density at radius 2 is 1.88 bits per heavy atom. The number of nitrogens with zero attached hydrogens (tertiary/aromatic N) is 1. The molecule has 0 aliphatic carbocycles. The van der Waals surface area contributed by atoms with E-state index in [1.54, 1.807) is 43.3 Å².